The third-order valence-electron chi connectivity index (χ3n) is 2.61. The van der Waals surface area contributed by atoms with Gasteiger partial charge in [0.25, 0.3) is 18.0 Å². The van der Waals surface area contributed by atoms with E-state index in [-0.39, 0.29) is 0 Å². The highest BCUT2D eigenvalue weighted by molar-refractivity contribution is 5.39. The van der Waals surface area contributed by atoms with E-state index in [0.717, 1.165) is 37.9 Å². The maximum Gasteiger partial charge on any atom is 0.291 e. The first-order valence-electron chi connectivity index (χ1n) is 5.16. The van der Waals surface area contributed by atoms with Crippen molar-refractivity contribution in [3.8, 4) is 5.88 Å². The summed E-state index contributed by atoms with van der Waals surface area (Å²) < 4.78 is 7.12. The molecule has 0 bridgehead atoms. The van der Waals surface area contributed by atoms with Crippen LogP contribution in [0.2, 0.25) is 0 Å². The van der Waals surface area contributed by atoms with E-state index in [0.29, 0.717) is 0 Å². The van der Waals surface area contributed by atoms with Gasteiger partial charge >= 0.3 is 0 Å². The van der Waals surface area contributed by atoms with Crippen LogP contribution in [0.25, 0.3) is 0 Å². The van der Waals surface area contributed by atoms with Gasteiger partial charge in [-0.3, -0.25) is 0 Å². The van der Waals surface area contributed by atoms with Crippen LogP contribution in [0, 0.1) is 0 Å². The SMILES string of the molecule is COc1cc(N2CCNCC2)nc[n+]1C. The molecule has 0 unspecified atom stereocenters. The highest BCUT2D eigenvalue weighted by Crippen LogP contribution is 2.14. The number of anilines is 1. The minimum atomic E-state index is 0.832. The van der Waals surface area contributed by atoms with Gasteiger partial charge in [-0.1, -0.05) is 0 Å². The van der Waals surface area contributed by atoms with E-state index < -0.39 is 0 Å². The van der Waals surface area contributed by atoms with Crippen molar-refractivity contribution >= 4 is 5.82 Å². The van der Waals surface area contributed by atoms with Crippen LogP contribution in [0.5, 0.6) is 5.88 Å². The van der Waals surface area contributed by atoms with Gasteiger partial charge in [-0.25, -0.2) is 4.57 Å². The maximum atomic E-state index is 5.26. The van der Waals surface area contributed by atoms with Gasteiger partial charge in [-0.2, -0.15) is 0 Å². The summed E-state index contributed by atoms with van der Waals surface area (Å²) >= 11 is 0. The number of aromatic nitrogens is 2. The summed E-state index contributed by atoms with van der Waals surface area (Å²) in [4.78, 5) is 6.65. The van der Waals surface area contributed by atoms with Gasteiger partial charge in [0.1, 0.15) is 0 Å². The second kappa shape index (κ2) is 4.44. The highest BCUT2D eigenvalue weighted by Gasteiger charge is 2.17. The van der Waals surface area contributed by atoms with E-state index in [1.165, 1.54) is 0 Å². The van der Waals surface area contributed by atoms with Crippen molar-refractivity contribution in [2.24, 2.45) is 7.05 Å². The largest absolute Gasteiger partial charge is 0.465 e. The van der Waals surface area contributed by atoms with E-state index in [1.807, 2.05) is 17.7 Å². The molecule has 5 nitrogen and oxygen atoms in total. The second-order valence-electron chi connectivity index (χ2n) is 3.64. The van der Waals surface area contributed by atoms with E-state index in [1.54, 1.807) is 13.4 Å². The molecule has 0 spiro atoms. The summed E-state index contributed by atoms with van der Waals surface area (Å²) in [6.07, 6.45) is 1.79. The van der Waals surface area contributed by atoms with Crippen LogP contribution < -0.4 is 19.5 Å². The molecule has 1 aliphatic heterocycles. The smallest absolute Gasteiger partial charge is 0.291 e. The van der Waals surface area contributed by atoms with Gasteiger partial charge < -0.3 is 15.0 Å². The number of nitrogens with zero attached hydrogens (tertiary/aromatic N) is 3. The Morgan fingerprint density at radius 3 is 2.87 bits per heavy atom. The lowest BCUT2D eigenvalue weighted by atomic mass is 10.3. The fraction of sp³-hybridized carbons (Fsp3) is 0.600. The molecule has 0 amide bonds. The monoisotopic (exact) mass is 209 g/mol. The molecule has 5 heteroatoms. The third-order valence-corrected chi connectivity index (χ3v) is 2.61. The Morgan fingerprint density at radius 1 is 1.47 bits per heavy atom. The number of ether oxygens (including phenoxy) is 1. The second-order valence-corrected chi connectivity index (χ2v) is 3.64. The predicted octanol–water partition coefficient (Wildman–Crippen LogP) is -0.676. The van der Waals surface area contributed by atoms with Gasteiger partial charge in [0.15, 0.2) is 0 Å². The molecule has 15 heavy (non-hydrogen) atoms. The summed E-state index contributed by atoms with van der Waals surface area (Å²) in [5.74, 6) is 1.82. The molecule has 0 aromatic carbocycles. The van der Waals surface area contributed by atoms with Crippen molar-refractivity contribution in [1.29, 1.82) is 0 Å². The van der Waals surface area contributed by atoms with Crippen LogP contribution >= 0.6 is 0 Å². The van der Waals surface area contributed by atoms with Crippen LogP contribution in [0.3, 0.4) is 0 Å². The fourth-order valence-electron chi connectivity index (χ4n) is 1.72. The molecule has 82 valence electrons. The Balaban J connectivity index is 2.20. The maximum absolute atomic E-state index is 5.26. The summed E-state index contributed by atoms with van der Waals surface area (Å²) in [7, 11) is 3.60. The average Bonchev–Trinajstić information content (AvgIpc) is 2.31. The molecule has 1 saturated heterocycles. The molecule has 1 aromatic rings. The number of nitrogens with one attached hydrogen (secondary N) is 1. The van der Waals surface area contributed by atoms with Crippen LogP contribution in [0.15, 0.2) is 12.4 Å². The van der Waals surface area contributed by atoms with Crippen molar-refractivity contribution in [3.05, 3.63) is 12.4 Å². The first-order valence-corrected chi connectivity index (χ1v) is 5.16. The quantitative estimate of drug-likeness (QED) is 0.656. The van der Waals surface area contributed by atoms with Crippen molar-refractivity contribution in [2.75, 3.05) is 38.2 Å². The number of hydrogen-bond acceptors (Lipinski definition) is 4. The molecule has 1 N–H and O–H groups in total. The predicted molar refractivity (Wildman–Crippen MR) is 57.0 cm³/mol. The minimum Gasteiger partial charge on any atom is -0.465 e. The van der Waals surface area contributed by atoms with Gasteiger partial charge in [0.2, 0.25) is 0 Å². The van der Waals surface area contributed by atoms with Gasteiger partial charge in [0.05, 0.1) is 20.2 Å². The molecule has 0 saturated carbocycles. The van der Waals surface area contributed by atoms with Gasteiger partial charge in [0, 0.05) is 26.2 Å². The van der Waals surface area contributed by atoms with Crippen LogP contribution in [0.4, 0.5) is 5.82 Å². The van der Waals surface area contributed by atoms with E-state index >= 15 is 0 Å². The van der Waals surface area contributed by atoms with Crippen LogP contribution in [-0.4, -0.2) is 38.3 Å². The lowest BCUT2D eigenvalue weighted by Crippen LogP contribution is -2.44. The summed E-state index contributed by atoms with van der Waals surface area (Å²) in [6.45, 7) is 4.05. The summed E-state index contributed by atoms with van der Waals surface area (Å²) in [5.41, 5.74) is 0. The topological polar surface area (TPSA) is 41.3 Å². The molecular weight excluding hydrogens is 192 g/mol. The number of piperazine rings is 1. The Hall–Kier alpha value is -1.36. The van der Waals surface area contributed by atoms with E-state index in [2.05, 4.69) is 15.2 Å². The third kappa shape index (κ3) is 2.18. The van der Waals surface area contributed by atoms with Crippen molar-refractivity contribution in [3.63, 3.8) is 0 Å². The Bertz CT molecular complexity index is 336. The number of methoxy groups -OCH3 is 1. The molecule has 2 rings (SSSR count). The standard InChI is InChI=1S/C10H17N4O/c1-13-8-12-9(7-10(13)15-2)14-5-3-11-4-6-14/h7-8,11H,3-6H2,1-2H3/q+1. The Morgan fingerprint density at radius 2 is 2.20 bits per heavy atom. The van der Waals surface area contributed by atoms with E-state index in [4.69, 9.17) is 4.74 Å². The fourth-order valence-corrected chi connectivity index (χ4v) is 1.72. The van der Waals surface area contributed by atoms with E-state index in [9.17, 15) is 0 Å². The molecule has 2 heterocycles. The van der Waals surface area contributed by atoms with Crippen molar-refractivity contribution in [1.82, 2.24) is 10.3 Å². The molecule has 1 aliphatic rings. The minimum absolute atomic E-state index is 0.832. The molecule has 1 aromatic heterocycles. The Labute approximate surface area is 89.7 Å². The zero-order valence-electron chi connectivity index (χ0n) is 9.23. The lowest BCUT2D eigenvalue weighted by molar-refractivity contribution is -0.679. The molecule has 0 aliphatic carbocycles. The molecule has 1 fully saturated rings. The van der Waals surface area contributed by atoms with Gasteiger partial charge in [-0.15, -0.1) is 0 Å². The molecular formula is C10H17N4O+. The Kier molecular flexibility index (Phi) is 3.01. The summed E-state index contributed by atoms with van der Waals surface area (Å²) in [6, 6.07) is 1.98. The first-order chi connectivity index (χ1) is 7.31. The number of rotatable bonds is 2. The van der Waals surface area contributed by atoms with Crippen molar-refractivity contribution in [2.45, 2.75) is 0 Å². The summed E-state index contributed by atoms with van der Waals surface area (Å²) in [5, 5.41) is 3.32. The molecule has 0 atom stereocenters. The first kappa shape index (κ1) is 10.2. The highest BCUT2D eigenvalue weighted by atomic mass is 16.5. The molecule has 0 radical (unpaired) electrons. The number of aryl methyl sites for hydroxylation is 1. The van der Waals surface area contributed by atoms with Crippen molar-refractivity contribution < 1.29 is 9.30 Å². The lowest BCUT2D eigenvalue weighted by Gasteiger charge is -2.25. The average molecular weight is 209 g/mol. The zero-order valence-corrected chi connectivity index (χ0v) is 9.23. The zero-order chi connectivity index (χ0) is 10.7. The van der Waals surface area contributed by atoms with Gasteiger partial charge in [-0.05, 0) is 4.98 Å². The number of hydrogen-bond donors (Lipinski definition) is 1. The normalized spacial score (nSPS) is 16.5. The van der Waals surface area contributed by atoms with Crippen LogP contribution in [0.1, 0.15) is 0 Å². The van der Waals surface area contributed by atoms with Crippen LogP contribution in [-0.2, 0) is 7.05 Å².